The number of methoxy groups -OCH3 is 1. The summed E-state index contributed by atoms with van der Waals surface area (Å²) < 4.78 is 28.5. The molecule has 6 heteroatoms. The predicted molar refractivity (Wildman–Crippen MR) is 69.3 cm³/mol. The first-order valence-corrected chi connectivity index (χ1v) is 7.58. The molecule has 1 unspecified atom stereocenters. The van der Waals surface area contributed by atoms with Crippen molar-refractivity contribution in [3.63, 3.8) is 0 Å². The molecule has 1 atom stereocenters. The van der Waals surface area contributed by atoms with Gasteiger partial charge in [-0.2, -0.15) is 0 Å². The van der Waals surface area contributed by atoms with Gasteiger partial charge in [0.05, 0.1) is 12.7 Å². The second-order valence-corrected chi connectivity index (χ2v) is 6.96. The molecule has 0 aliphatic heterocycles. The van der Waals surface area contributed by atoms with Crippen LogP contribution in [0.3, 0.4) is 0 Å². The highest BCUT2D eigenvalue weighted by atomic mass is 79.9. The zero-order valence-corrected chi connectivity index (χ0v) is 12.1. The summed E-state index contributed by atoms with van der Waals surface area (Å²) in [5.41, 5.74) is 0.264. The molecule has 1 aromatic rings. The fourth-order valence-corrected chi connectivity index (χ4v) is 2.16. The van der Waals surface area contributed by atoms with Gasteiger partial charge in [-0.3, -0.25) is 4.79 Å². The maximum atomic E-state index is 12.0. The molecule has 1 aromatic carbocycles. The van der Waals surface area contributed by atoms with Crippen molar-refractivity contribution in [3.05, 3.63) is 28.2 Å². The first kappa shape index (κ1) is 14.2. The SMILES string of the molecule is COc1ccc(Br)cc1C(=O)C(C)S(C)(=O)=O. The summed E-state index contributed by atoms with van der Waals surface area (Å²) in [6.45, 7) is 1.37. The topological polar surface area (TPSA) is 60.4 Å². The summed E-state index contributed by atoms with van der Waals surface area (Å²) >= 11 is 3.24. The summed E-state index contributed by atoms with van der Waals surface area (Å²) in [6.07, 6.45) is 1.04. The Morgan fingerprint density at radius 1 is 1.41 bits per heavy atom. The van der Waals surface area contributed by atoms with Gasteiger partial charge < -0.3 is 4.74 Å². The van der Waals surface area contributed by atoms with Gasteiger partial charge in [-0.1, -0.05) is 15.9 Å². The quantitative estimate of drug-likeness (QED) is 0.797. The van der Waals surface area contributed by atoms with Crippen molar-refractivity contribution in [3.8, 4) is 5.75 Å². The number of hydrogen-bond donors (Lipinski definition) is 0. The van der Waals surface area contributed by atoms with Gasteiger partial charge >= 0.3 is 0 Å². The van der Waals surface area contributed by atoms with Crippen LogP contribution in [0.4, 0.5) is 0 Å². The Bertz CT molecular complexity index is 536. The number of hydrogen-bond acceptors (Lipinski definition) is 4. The van der Waals surface area contributed by atoms with E-state index >= 15 is 0 Å². The van der Waals surface area contributed by atoms with E-state index < -0.39 is 20.9 Å². The second-order valence-electron chi connectivity index (χ2n) is 3.68. The number of carbonyl (C=O) groups excluding carboxylic acids is 1. The van der Waals surface area contributed by atoms with Crippen LogP contribution >= 0.6 is 15.9 Å². The minimum atomic E-state index is -3.41. The average Bonchev–Trinajstić information content (AvgIpc) is 2.25. The maximum absolute atomic E-state index is 12.0. The number of carbonyl (C=O) groups is 1. The molecule has 94 valence electrons. The highest BCUT2D eigenvalue weighted by molar-refractivity contribution is 9.10. The molecule has 0 saturated heterocycles. The number of rotatable bonds is 4. The van der Waals surface area contributed by atoms with E-state index in [1.165, 1.54) is 14.0 Å². The standard InChI is InChI=1S/C11H13BrO4S/c1-7(17(3,14)15)11(13)9-6-8(12)4-5-10(9)16-2/h4-7H,1-3H3. The van der Waals surface area contributed by atoms with Gasteiger partial charge in [0.1, 0.15) is 11.0 Å². The maximum Gasteiger partial charge on any atom is 0.184 e. The number of halogens is 1. The third kappa shape index (κ3) is 3.29. The monoisotopic (exact) mass is 320 g/mol. The summed E-state index contributed by atoms with van der Waals surface area (Å²) in [5, 5.41) is -1.08. The zero-order chi connectivity index (χ0) is 13.2. The van der Waals surface area contributed by atoms with Crippen LogP contribution in [0.2, 0.25) is 0 Å². The highest BCUT2D eigenvalue weighted by Crippen LogP contribution is 2.25. The van der Waals surface area contributed by atoms with Crippen LogP contribution in [0.15, 0.2) is 22.7 Å². The number of ether oxygens (including phenoxy) is 1. The van der Waals surface area contributed by atoms with Crippen LogP contribution in [0.25, 0.3) is 0 Å². The first-order valence-electron chi connectivity index (χ1n) is 4.84. The van der Waals surface area contributed by atoms with Crippen molar-refractivity contribution < 1.29 is 17.9 Å². The van der Waals surface area contributed by atoms with E-state index in [2.05, 4.69) is 15.9 Å². The molecule has 17 heavy (non-hydrogen) atoms. The van der Waals surface area contributed by atoms with E-state index in [1.54, 1.807) is 18.2 Å². The molecule has 0 amide bonds. The van der Waals surface area contributed by atoms with Gasteiger partial charge in [-0.15, -0.1) is 0 Å². The Balaban J connectivity index is 3.25. The average molecular weight is 321 g/mol. The molecule has 0 saturated carbocycles. The van der Waals surface area contributed by atoms with E-state index in [0.717, 1.165) is 6.26 Å². The van der Waals surface area contributed by atoms with Gasteiger partial charge in [0.25, 0.3) is 0 Å². The fraction of sp³-hybridized carbons (Fsp3) is 0.364. The van der Waals surface area contributed by atoms with Crippen molar-refractivity contribution in [1.82, 2.24) is 0 Å². The van der Waals surface area contributed by atoms with Crippen molar-refractivity contribution >= 4 is 31.6 Å². The largest absolute Gasteiger partial charge is 0.496 e. The summed E-state index contributed by atoms with van der Waals surface area (Å²) in [5.74, 6) is -0.0978. The summed E-state index contributed by atoms with van der Waals surface area (Å²) in [6, 6.07) is 4.90. The molecule has 0 bridgehead atoms. The van der Waals surface area contributed by atoms with Crippen molar-refractivity contribution in [2.75, 3.05) is 13.4 Å². The Labute approximate surface area is 109 Å². The van der Waals surface area contributed by atoms with E-state index in [4.69, 9.17) is 4.74 Å². The molecule has 0 aliphatic carbocycles. The Morgan fingerprint density at radius 3 is 2.47 bits per heavy atom. The van der Waals surface area contributed by atoms with Crippen LogP contribution in [0, 0.1) is 0 Å². The van der Waals surface area contributed by atoms with E-state index in [0.29, 0.717) is 10.2 Å². The van der Waals surface area contributed by atoms with Gasteiger partial charge in [-0.05, 0) is 25.1 Å². The van der Waals surface area contributed by atoms with Crippen LogP contribution in [0.5, 0.6) is 5.75 Å². The number of sulfone groups is 1. The molecule has 0 heterocycles. The number of ketones is 1. The molecule has 0 radical (unpaired) electrons. The second kappa shape index (κ2) is 5.18. The Morgan fingerprint density at radius 2 is 2.00 bits per heavy atom. The lowest BCUT2D eigenvalue weighted by Crippen LogP contribution is -2.26. The van der Waals surface area contributed by atoms with Gasteiger partial charge in [0, 0.05) is 10.7 Å². The third-order valence-electron chi connectivity index (χ3n) is 2.44. The number of Topliss-reactive ketones (excluding diaryl/α,β-unsaturated/α-hetero) is 1. The first-order chi connectivity index (χ1) is 7.77. The molecular formula is C11H13BrO4S. The van der Waals surface area contributed by atoms with E-state index in [9.17, 15) is 13.2 Å². The molecule has 0 spiro atoms. The van der Waals surface area contributed by atoms with E-state index in [-0.39, 0.29) is 5.56 Å². The predicted octanol–water partition coefficient (Wildman–Crippen LogP) is 2.07. The summed E-state index contributed by atoms with van der Waals surface area (Å²) in [4.78, 5) is 12.0. The lowest BCUT2D eigenvalue weighted by Gasteiger charge is -2.12. The Kier molecular flexibility index (Phi) is 4.32. The molecule has 1 rings (SSSR count). The molecule has 0 aliphatic rings. The minimum absolute atomic E-state index is 0.264. The van der Waals surface area contributed by atoms with Crippen LogP contribution < -0.4 is 4.74 Å². The van der Waals surface area contributed by atoms with Crippen molar-refractivity contribution in [1.29, 1.82) is 0 Å². The lowest BCUT2D eigenvalue weighted by molar-refractivity contribution is 0.0988. The fourth-order valence-electron chi connectivity index (χ4n) is 1.29. The van der Waals surface area contributed by atoms with Crippen molar-refractivity contribution in [2.24, 2.45) is 0 Å². The smallest absolute Gasteiger partial charge is 0.184 e. The minimum Gasteiger partial charge on any atom is -0.496 e. The van der Waals surface area contributed by atoms with E-state index in [1.807, 2.05) is 0 Å². The molecular weight excluding hydrogens is 308 g/mol. The normalized spacial score (nSPS) is 13.2. The lowest BCUT2D eigenvalue weighted by atomic mass is 10.1. The van der Waals surface area contributed by atoms with Crippen LogP contribution in [-0.4, -0.2) is 32.8 Å². The van der Waals surface area contributed by atoms with Gasteiger partial charge in [0.15, 0.2) is 15.6 Å². The zero-order valence-electron chi connectivity index (χ0n) is 9.73. The van der Waals surface area contributed by atoms with Crippen molar-refractivity contribution in [2.45, 2.75) is 12.2 Å². The highest BCUT2D eigenvalue weighted by Gasteiger charge is 2.27. The van der Waals surface area contributed by atoms with Gasteiger partial charge in [-0.25, -0.2) is 8.42 Å². The Hall–Kier alpha value is -0.880. The molecule has 0 aromatic heterocycles. The van der Waals surface area contributed by atoms with Crippen LogP contribution in [0.1, 0.15) is 17.3 Å². The molecule has 0 N–H and O–H groups in total. The van der Waals surface area contributed by atoms with Crippen LogP contribution in [-0.2, 0) is 9.84 Å². The molecule has 0 fully saturated rings. The number of benzene rings is 1. The third-order valence-corrected chi connectivity index (χ3v) is 4.43. The summed E-state index contributed by atoms with van der Waals surface area (Å²) in [7, 11) is -1.97. The molecule has 4 nitrogen and oxygen atoms in total. The van der Waals surface area contributed by atoms with Gasteiger partial charge in [0.2, 0.25) is 0 Å².